The molecule has 4 nitrogen and oxygen atoms in total. The maximum Gasteiger partial charge on any atom is 0.288 e. The van der Waals surface area contributed by atoms with Gasteiger partial charge in [0, 0.05) is 12.1 Å². The number of hydrogen-bond acceptors (Lipinski definition) is 3. The van der Waals surface area contributed by atoms with Crippen molar-refractivity contribution in [2.45, 2.75) is 6.92 Å². The van der Waals surface area contributed by atoms with E-state index < -0.39 is 4.92 Å². The van der Waals surface area contributed by atoms with E-state index in [1.807, 2.05) is 6.92 Å². The van der Waals surface area contributed by atoms with Crippen molar-refractivity contribution in [1.29, 1.82) is 0 Å². The van der Waals surface area contributed by atoms with Gasteiger partial charge in [0.2, 0.25) is 0 Å². The lowest BCUT2D eigenvalue weighted by Crippen LogP contribution is -1.98. The van der Waals surface area contributed by atoms with E-state index in [1.165, 1.54) is 18.2 Å². The number of hydrogen-bond donors (Lipinski definition) is 0. The molecule has 0 bridgehead atoms. The highest BCUT2D eigenvalue weighted by molar-refractivity contribution is 6.32. The standard InChI is InChI=1S/C10H10ClNO3/c1-7(2)6-15-8-3-4-10(12(13)14)9(11)5-8/h3-5H,1,6H2,2H3. The quantitative estimate of drug-likeness (QED) is 0.451. The SMILES string of the molecule is C=C(C)COc1ccc([N+](=O)[O-])c(Cl)c1. The zero-order valence-electron chi connectivity index (χ0n) is 8.20. The minimum absolute atomic E-state index is 0.0687. The topological polar surface area (TPSA) is 52.4 Å². The Kier molecular flexibility index (Phi) is 3.68. The van der Waals surface area contributed by atoms with Crippen molar-refractivity contribution in [2.24, 2.45) is 0 Å². The predicted octanol–water partition coefficient (Wildman–Crippen LogP) is 3.20. The summed E-state index contributed by atoms with van der Waals surface area (Å²) in [6.45, 7) is 5.87. The predicted molar refractivity (Wildman–Crippen MR) is 58.4 cm³/mol. The van der Waals surface area contributed by atoms with Gasteiger partial charge in [-0.2, -0.15) is 0 Å². The van der Waals surface area contributed by atoms with Crippen molar-refractivity contribution in [3.63, 3.8) is 0 Å². The first-order valence-corrected chi connectivity index (χ1v) is 4.59. The third-order valence-corrected chi connectivity index (χ3v) is 1.90. The van der Waals surface area contributed by atoms with Crippen LogP contribution in [0.25, 0.3) is 0 Å². The normalized spacial score (nSPS) is 9.73. The molecule has 0 spiro atoms. The van der Waals surface area contributed by atoms with Crippen LogP contribution in [-0.4, -0.2) is 11.5 Å². The lowest BCUT2D eigenvalue weighted by Gasteiger charge is -2.05. The first-order chi connectivity index (χ1) is 7.00. The molecule has 0 aliphatic heterocycles. The summed E-state index contributed by atoms with van der Waals surface area (Å²) in [7, 11) is 0. The minimum Gasteiger partial charge on any atom is -0.489 e. The molecule has 0 fully saturated rings. The number of nitro benzene ring substituents is 1. The molecular weight excluding hydrogens is 218 g/mol. The fourth-order valence-electron chi connectivity index (χ4n) is 0.932. The molecule has 0 radical (unpaired) electrons. The van der Waals surface area contributed by atoms with E-state index in [0.29, 0.717) is 12.4 Å². The summed E-state index contributed by atoms with van der Waals surface area (Å²) in [4.78, 5) is 9.93. The van der Waals surface area contributed by atoms with Gasteiger partial charge in [-0.25, -0.2) is 0 Å². The number of nitrogens with zero attached hydrogens (tertiary/aromatic N) is 1. The third-order valence-electron chi connectivity index (χ3n) is 1.60. The smallest absolute Gasteiger partial charge is 0.288 e. The van der Waals surface area contributed by atoms with E-state index >= 15 is 0 Å². The number of ether oxygens (including phenoxy) is 1. The molecule has 0 saturated carbocycles. The number of halogens is 1. The third kappa shape index (κ3) is 3.25. The van der Waals surface area contributed by atoms with E-state index in [2.05, 4.69) is 6.58 Å². The van der Waals surface area contributed by atoms with Crippen LogP contribution in [0.2, 0.25) is 5.02 Å². The van der Waals surface area contributed by atoms with Crippen molar-refractivity contribution in [2.75, 3.05) is 6.61 Å². The molecule has 1 aromatic rings. The second-order valence-electron chi connectivity index (χ2n) is 3.12. The molecule has 0 unspecified atom stereocenters. The number of benzene rings is 1. The molecule has 0 atom stereocenters. The molecule has 80 valence electrons. The van der Waals surface area contributed by atoms with Crippen molar-refractivity contribution in [3.05, 3.63) is 45.5 Å². The van der Waals surface area contributed by atoms with E-state index in [9.17, 15) is 10.1 Å². The Morgan fingerprint density at radius 1 is 1.67 bits per heavy atom. The van der Waals surface area contributed by atoms with Crippen LogP contribution in [0.3, 0.4) is 0 Å². The van der Waals surface area contributed by atoms with Gasteiger partial charge in [0.25, 0.3) is 5.69 Å². The molecule has 0 N–H and O–H groups in total. The van der Waals surface area contributed by atoms with Crippen LogP contribution in [0.4, 0.5) is 5.69 Å². The van der Waals surface area contributed by atoms with E-state index in [-0.39, 0.29) is 10.7 Å². The first kappa shape index (κ1) is 11.5. The average molecular weight is 228 g/mol. The van der Waals surface area contributed by atoms with Gasteiger partial charge >= 0.3 is 0 Å². The van der Waals surface area contributed by atoms with Crippen LogP contribution in [-0.2, 0) is 0 Å². The summed E-state index contributed by atoms with van der Waals surface area (Å²) in [6, 6.07) is 4.24. The molecular formula is C10H10ClNO3. The molecule has 0 amide bonds. The van der Waals surface area contributed by atoms with Gasteiger partial charge in [0.15, 0.2) is 0 Å². The summed E-state index contributed by atoms with van der Waals surface area (Å²) in [5.74, 6) is 0.494. The van der Waals surface area contributed by atoms with E-state index in [0.717, 1.165) is 5.57 Å². The van der Waals surface area contributed by atoms with Crippen LogP contribution in [0.15, 0.2) is 30.4 Å². The van der Waals surface area contributed by atoms with Crippen LogP contribution >= 0.6 is 11.6 Å². The van der Waals surface area contributed by atoms with Crippen LogP contribution in [0, 0.1) is 10.1 Å². The van der Waals surface area contributed by atoms with Gasteiger partial charge in [0.05, 0.1) is 4.92 Å². The maximum atomic E-state index is 10.5. The zero-order chi connectivity index (χ0) is 11.4. The first-order valence-electron chi connectivity index (χ1n) is 4.22. The van der Waals surface area contributed by atoms with Crippen LogP contribution < -0.4 is 4.74 Å². The molecule has 0 aromatic heterocycles. The second kappa shape index (κ2) is 4.79. The Balaban J connectivity index is 2.82. The highest BCUT2D eigenvalue weighted by atomic mass is 35.5. The lowest BCUT2D eigenvalue weighted by molar-refractivity contribution is -0.384. The van der Waals surface area contributed by atoms with Crippen molar-refractivity contribution in [1.82, 2.24) is 0 Å². The largest absolute Gasteiger partial charge is 0.489 e. The molecule has 0 saturated heterocycles. The Morgan fingerprint density at radius 2 is 2.33 bits per heavy atom. The zero-order valence-corrected chi connectivity index (χ0v) is 8.95. The highest BCUT2D eigenvalue weighted by Crippen LogP contribution is 2.28. The maximum absolute atomic E-state index is 10.5. The molecule has 0 aliphatic carbocycles. The van der Waals surface area contributed by atoms with Crippen LogP contribution in [0.1, 0.15) is 6.92 Å². The Hall–Kier alpha value is -1.55. The molecule has 1 aromatic carbocycles. The Morgan fingerprint density at radius 3 is 2.80 bits per heavy atom. The average Bonchev–Trinajstić information content (AvgIpc) is 2.14. The molecule has 1 rings (SSSR count). The monoisotopic (exact) mass is 227 g/mol. The molecule has 0 aliphatic rings. The second-order valence-corrected chi connectivity index (χ2v) is 3.52. The summed E-state index contributed by atoms with van der Waals surface area (Å²) in [5.41, 5.74) is 0.740. The summed E-state index contributed by atoms with van der Waals surface area (Å²) in [5, 5.41) is 10.5. The summed E-state index contributed by atoms with van der Waals surface area (Å²) >= 11 is 5.70. The van der Waals surface area contributed by atoms with Gasteiger partial charge in [-0.3, -0.25) is 10.1 Å². The molecule has 15 heavy (non-hydrogen) atoms. The van der Waals surface area contributed by atoms with E-state index in [4.69, 9.17) is 16.3 Å². The molecule has 0 heterocycles. The number of rotatable bonds is 4. The lowest BCUT2D eigenvalue weighted by atomic mass is 10.3. The van der Waals surface area contributed by atoms with Crippen molar-refractivity contribution >= 4 is 17.3 Å². The molecule has 5 heteroatoms. The number of nitro groups is 1. The van der Waals surface area contributed by atoms with Gasteiger partial charge in [-0.05, 0) is 18.6 Å². The summed E-state index contributed by atoms with van der Waals surface area (Å²) in [6.07, 6.45) is 0. The Bertz CT molecular complexity index is 404. The van der Waals surface area contributed by atoms with Gasteiger partial charge in [-0.15, -0.1) is 0 Å². The van der Waals surface area contributed by atoms with Crippen molar-refractivity contribution in [3.8, 4) is 5.75 Å². The Labute approximate surface area is 92.3 Å². The minimum atomic E-state index is -0.537. The highest BCUT2D eigenvalue weighted by Gasteiger charge is 2.12. The van der Waals surface area contributed by atoms with Crippen molar-refractivity contribution < 1.29 is 9.66 Å². The fourth-order valence-corrected chi connectivity index (χ4v) is 1.17. The van der Waals surface area contributed by atoms with Gasteiger partial charge in [0.1, 0.15) is 17.4 Å². The van der Waals surface area contributed by atoms with Gasteiger partial charge in [-0.1, -0.05) is 18.2 Å². The fraction of sp³-hybridized carbons (Fsp3) is 0.200. The van der Waals surface area contributed by atoms with Crippen LogP contribution in [0.5, 0.6) is 5.75 Å². The van der Waals surface area contributed by atoms with Gasteiger partial charge < -0.3 is 4.74 Å². The summed E-state index contributed by atoms with van der Waals surface area (Å²) < 4.78 is 5.28. The van der Waals surface area contributed by atoms with E-state index in [1.54, 1.807) is 0 Å².